The third kappa shape index (κ3) is 5.76. The van der Waals surface area contributed by atoms with Crippen LogP contribution in [0.3, 0.4) is 0 Å². The molecule has 0 aromatic carbocycles. The van der Waals surface area contributed by atoms with E-state index in [4.69, 9.17) is 4.74 Å². The molecule has 1 saturated heterocycles. The molecule has 1 amide bonds. The van der Waals surface area contributed by atoms with Crippen LogP contribution in [-0.2, 0) is 4.74 Å². The quantitative estimate of drug-likeness (QED) is 0.819. The second-order valence-corrected chi connectivity index (χ2v) is 7.83. The molecule has 3 unspecified atom stereocenters. The second kappa shape index (κ2) is 7.64. The van der Waals surface area contributed by atoms with Gasteiger partial charge in [-0.05, 0) is 59.8 Å². The Labute approximate surface area is 135 Å². The zero-order chi connectivity index (χ0) is 17.0. The van der Waals surface area contributed by atoms with E-state index in [0.29, 0.717) is 12.5 Å². The number of likely N-dealkylation sites (tertiary alicyclic amines) is 1. The highest BCUT2D eigenvalue weighted by molar-refractivity contribution is 5.68. The van der Waals surface area contributed by atoms with Crippen molar-refractivity contribution in [2.24, 2.45) is 5.92 Å². The van der Waals surface area contributed by atoms with E-state index in [1.54, 1.807) is 0 Å². The fraction of sp³-hybridized carbons (Fsp3) is 0.941. The maximum Gasteiger partial charge on any atom is 0.410 e. The van der Waals surface area contributed by atoms with E-state index >= 15 is 0 Å². The summed E-state index contributed by atoms with van der Waals surface area (Å²) in [6.07, 6.45) is 2.75. The van der Waals surface area contributed by atoms with Gasteiger partial charge in [0, 0.05) is 24.7 Å². The van der Waals surface area contributed by atoms with Crippen LogP contribution >= 0.6 is 0 Å². The predicted octanol–water partition coefficient (Wildman–Crippen LogP) is 2.77. The topological polar surface area (TPSA) is 61.8 Å². The third-order valence-electron chi connectivity index (χ3n) is 4.52. The van der Waals surface area contributed by atoms with Gasteiger partial charge >= 0.3 is 6.09 Å². The monoisotopic (exact) mass is 314 g/mol. The Balaban J connectivity index is 2.60. The van der Waals surface area contributed by atoms with E-state index in [1.807, 2.05) is 32.6 Å². The molecule has 2 N–H and O–H groups in total. The van der Waals surface area contributed by atoms with Gasteiger partial charge in [-0.15, -0.1) is 0 Å². The van der Waals surface area contributed by atoms with E-state index in [-0.39, 0.29) is 24.3 Å². The number of nitrogens with one attached hydrogen (secondary N) is 1. The van der Waals surface area contributed by atoms with Crippen LogP contribution in [0, 0.1) is 5.92 Å². The molecule has 3 atom stereocenters. The van der Waals surface area contributed by atoms with Crippen LogP contribution in [0.25, 0.3) is 0 Å². The first-order chi connectivity index (χ1) is 10.1. The van der Waals surface area contributed by atoms with Crippen molar-refractivity contribution in [3.05, 3.63) is 0 Å². The summed E-state index contributed by atoms with van der Waals surface area (Å²) in [4.78, 5) is 14.0. The van der Waals surface area contributed by atoms with E-state index in [0.717, 1.165) is 25.8 Å². The molecule has 1 aliphatic rings. The lowest BCUT2D eigenvalue weighted by atomic mass is 9.89. The first-order valence-corrected chi connectivity index (χ1v) is 8.46. The molecular weight excluding hydrogens is 280 g/mol. The molecule has 22 heavy (non-hydrogen) atoms. The smallest absolute Gasteiger partial charge is 0.410 e. The summed E-state index contributed by atoms with van der Waals surface area (Å²) in [5.41, 5.74) is -0.709. The fourth-order valence-electron chi connectivity index (χ4n) is 2.84. The van der Waals surface area contributed by atoms with Gasteiger partial charge < -0.3 is 20.1 Å². The Bertz CT molecular complexity index is 361. The summed E-state index contributed by atoms with van der Waals surface area (Å²) < 4.78 is 5.48. The summed E-state index contributed by atoms with van der Waals surface area (Å²) in [7, 11) is 0. The summed E-state index contributed by atoms with van der Waals surface area (Å²) in [6, 6.07) is 0.252. The number of ether oxygens (including phenoxy) is 1. The first kappa shape index (κ1) is 19.2. The highest BCUT2D eigenvalue weighted by Gasteiger charge is 2.32. The molecule has 0 saturated carbocycles. The molecule has 0 aromatic heterocycles. The standard InChI is InChI=1S/C17H34N2O3/c1-7-17(6,12-20)18-13(2)14-9-8-10-19(11-14)15(21)22-16(3,4)5/h13-14,18,20H,7-12H2,1-6H3. The number of carbonyl (C=O) groups excluding carboxylic acids is 1. The number of piperidine rings is 1. The number of nitrogens with zero attached hydrogens (tertiary/aromatic N) is 1. The van der Waals surface area contributed by atoms with Gasteiger partial charge in [0.15, 0.2) is 0 Å². The number of hydrogen-bond acceptors (Lipinski definition) is 4. The lowest BCUT2D eigenvalue weighted by Gasteiger charge is -2.40. The summed E-state index contributed by atoms with van der Waals surface area (Å²) in [5.74, 6) is 0.388. The van der Waals surface area contributed by atoms with Gasteiger partial charge in [-0.3, -0.25) is 0 Å². The van der Waals surface area contributed by atoms with Gasteiger partial charge in [0.25, 0.3) is 0 Å². The van der Waals surface area contributed by atoms with Crippen LogP contribution in [0.15, 0.2) is 0 Å². The van der Waals surface area contributed by atoms with E-state index in [9.17, 15) is 9.90 Å². The van der Waals surface area contributed by atoms with Crippen molar-refractivity contribution in [1.82, 2.24) is 10.2 Å². The molecule has 5 nitrogen and oxygen atoms in total. The molecular formula is C17H34N2O3. The lowest BCUT2D eigenvalue weighted by Crippen LogP contribution is -2.55. The molecule has 130 valence electrons. The maximum atomic E-state index is 12.2. The molecule has 1 fully saturated rings. The van der Waals surface area contributed by atoms with Crippen molar-refractivity contribution in [3.8, 4) is 0 Å². The number of hydrogen-bond donors (Lipinski definition) is 2. The van der Waals surface area contributed by atoms with Crippen LogP contribution < -0.4 is 5.32 Å². The lowest BCUT2D eigenvalue weighted by molar-refractivity contribution is 0.0135. The van der Waals surface area contributed by atoms with E-state index < -0.39 is 5.60 Å². The average Bonchev–Trinajstić information content (AvgIpc) is 2.45. The predicted molar refractivity (Wildman–Crippen MR) is 88.9 cm³/mol. The number of rotatable bonds is 5. The fourth-order valence-corrected chi connectivity index (χ4v) is 2.84. The number of aliphatic hydroxyl groups is 1. The molecule has 1 aliphatic heterocycles. The van der Waals surface area contributed by atoms with Crippen molar-refractivity contribution in [2.45, 2.75) is 78.0 Å². The van der Waals surface area contributed by atoms with Crippen LogP contribution in [0.1, 0.15) is 60.8 Å². The number of amides is 1. The largest absolute Gasteiger partial charge is 0.444 e. The Kier molecular flexibility index (Phi) is 6.68. The van der Waals surface area contributed by atoms with Crippen molar-refractivity contribution in [1.29, 1.82) is 0 Å². The van der Waals surface area contributed by atoms with Gasteiger partial charge in [0.1, 0.15) is 5.60 Å². The minimum absolute atomic E-state index is 0.121. The van der Waals surface area contributed by atoms with Crippen LogP contribution in [0.2, 0.25) is 0 Å². The molecule has 5 heteroatoms. The average molecular weight is 314 g/mol. The number of aliphatic hydroxyl groups excluding tert-OH is 1. The molecule has 0 spiro atoms. The molecule has 0 bridgehead atoms. The minimum Gasteiger partial charge on any atom is -0.444 e. The molecule has 1 heterocycles. The minimum atomic E-state index is -0.453. The van der Waals surface area contributed by atoms with Crippen molar-refractivity contribution in [2.75, 3.05) is 19.7 Å². The molecule has 0 aliphatic carbocycles. The van der Waals surface area contributed by atoms with Crippen LogP contribution in [0.5, 0.6) is 0 Å². The normalized spacial score (nSPS) is 23.8. The van der Waals surface area contributed by atoms with Crippen molar-refractivity contribution >= 4 is 6.09 Å². The third-order valence-corrected chi connectivity index (χ3v) is 4.52. The maximum absolute atomic E-state index is 12.2. The van der Waals surface area contributed by atoms with Crippen molar-refractivity contribution in [3.63, 3.8) is 0 Å². The van der Waals surface area contributed by atoms with Gasteiger partial charge in [0.05, 0.1) is 6.61 Å². The van der Waals surface area contributed by atoms with E-state index in [1.165, 1.54) is 0 Å². The SMILES string of the molecule is CCC(C)(CO)NC(C)C1CCCN(C(=O)OC(C)(C)C)C1. The Hall–Kier alpha value is -0.810. The number of carbonyl (C=O) groups is 1. The first-order valence-electron chi connectivity index (χ1n) is 8.46. The Morgan fingerprint density at radius 1 is 1.41 bits per heavy atom. The van der Waals surface area contributed by atoms with Gasteiger partial charge in [-0.1, -0.05) is 6.92 Å². The Morgan fingerprint density at radius 3 is 2.55 bits per heavy atom. The molecule has 0 radical (unpaired) electrons. The summed E-state index contributed by atoms with van der Waals surface area (Å²) in [6.45, 7) is 13.5. The summed E-state index contributed by atoms with van der Waals surface area (Å²) >= 11 is 0. The van der Waals surface area contributed by atoms with Gasteiger partial charge in [0.2, 0.25) is 0 Å². The van der Waals surface area contributed by atoms with Gasteiger partial charge in [-0.2, -0.15) is 0 Å². The summed E-state index contributed by atoms with van der Waals surface area (Å²) in [5, 5.41) is 13.1. The molecule has 0 aromatic rings. The van der Waals surface area contributed by atoms with Gasteiger partial charge in [-0.25, -0.2) is 4.79 Å². The molecule has 1 rings (SSSR count). The zero-order valence-electron chi connectivity index (χ0n) is 15.1. The second-order valence-electron chi connectivity index (χ2n) is 7.83. The highest BCUT2D eigenvalue weighted by Crippen LogP contribution is 2.23. The van der Waals surface area contributed by atoms with E-state index in [2.05, 4.69) is 19.2 Å². The highest BCUT2D eigenvalue weighted by atomic mass is 16.6. The van der Waals surface area contributed by atoms with Crippen LogP contribution in [-0.4, -0.2) is 53.0 Å². The zero-order valence-corrected chi connectivity index (χ0v) is 15.1. The van der Waals surface area contributed by atoms with Crippen LogP contribution in [0.4, 0.5) is 4.79 Å². The van der Waals surface area contributed by atoms with Crippen molar-refractivity contribution < 1.29 is 14.6 Å². The Morgan fingerprint density at radius 2 is 2.05 bits per heavy atom.